The lowest BCUT2D eigenvalue weighted by molar-refractivity contribution is -0.123. The molecule has 2 rings (SSSR count). The lowest BCUT2D eigenvalue weighted by Crippen LogP contribution is -2.50. The highest BCUT2D eigenvalue weighted by Crippen LogP contribution is 2.41. The van der Waals surface area contributed by atoms with Crippen LogP contribution in [0, 0.1) is 11.8 Å². The first-order valence-electron chi connectivity index (χ1n) is 5.50. The number of rotatable bonds is 5. The average Bonchev–Trinajstić information content (AvgIpc) is 3.09. The van der Waals surface area contributed by atoms with E-state index in [0.717, 1.165) is 12.8 Å². The molecule has 2 aliphatic carbocycles. The van der Waals surface area contributed by atoms with Gasteiger partial charge in [0.1, 0.15) is 4.87 Å². The normalized spacial score (nSPS) is 29.1. The Kier molecular flexibility index (Phi) is 4.08. The molecule has 0 unspecified atom stereocenters. The minimum atomic E-state index is -3.62. The maximum atomic E-state index is 11.6. The van der Waals surface area contributed by atoms with E-state index in [0.29, 0.717) is 18.8 Å². The summed E-state index contributed by atoms with van der Waals surface area (Å²) >= 11 is 0. The predicted octanol–water partition coefficient (Wildman–Crippen LogP) is -0.146. The molecule has 4 N–H and O–H groups in total. The second-order valence-corrected chi connectivity index (χ2v) is 6.69. The van der Waals surface area contributed by atoms with Crippen LogP contribution in [0.2, 0.25) is 0 Å². The van der Waals surface area contributed by atoms with Crippen LogP contribution in [0.25, 0.3) is 0 Å². The molecule has 0 aromatic carbocycles. The number of nitrogens with two attached hydrogens (primary N) is 1. The third-order valence-electron chi connectivity index (χ3n) is 3.37. The number of nitrogens with one attached hydrogen (secondary N) is 2. The first-order valence-corrected chi connectivity index (χ1v) is 6.98. The summed E-state index contributed by atoms with van der Waals surface area (Å²) < 4.78 is 23.1. The van der Waals surface area contributed by atoms with Crippen LogP contribution in [0.5, 0.6) is 0 Å². The molecule has 2 saturated carbocycles. The van der Waals surface area contributed by atoms with E-state index >= 15 is 0 Å². The van der Waals surface area contributed by atoms with E-state index in [4.69, 9.17) is 5.73 Å². The Labute approximate surface area is 107 Å². The Hall–Kier alpha value is -0.370. The van der Waals surface area contributed by atoms with E-state index in [9.17, 15) is 13.2 Å². The van der Waals surface area contributed by atoms with Gasteiger partial charge in [0.05, 0.1) is 0 Å². The van der Waals surface area contributed by atoms with Crippen LogP contribution in [0.3, 0.4) is 0 Å². The lowest BCUT2D eigenvalue weighted by atomic mass is 10.2. The summed E-state index contributed by atoms with van der Waals surface area (Å²) in [7, 11) is -3.62. The molecular weight excluding hydrogens is 266 g/mol. The van der Waals surface area contributed by atoms with Crippen LogP contribution in [-0.2, 0) is 14.8 Å². The summed E-state index contributed by atoms with van der Waals surface area (Å²) in [4.78, 5) is 12.4. The Morgan fingerprint density at radius 1 is 1.47 bits per heavy atom. The zero-order valence-corrected chi connectivity index (χ0v) is 11.2. The van der Waals surface area contributed by atoms with Gasteiger partial charge in [-0.05, 0) is 25.2 Å². The maximum Gasteiger partial charge on any atom is 0.247 e. The monoisotopic (exact) mass is 283 g/mol. The molecule has 2 fully saturated rings. The van der Waals surface area contributed by atoms with E-state index in [1.807, 2.05) is 6.92 Å². The molecule has 0 radical (unpaired) electrons. The molecule has 0 aliphatic heterocycles. The van der Waals surface area contributed by atoms with Crippen LogP contribution >= 0.6 is 12.4 Å². The molecule has 6 nitrogen and oxygen atoms in total. The van der Waals surface area contributed by atoms with E-state index in [2.05, 4.69) is 10.3 Å². The van der Waals surface area contributed by atoms with Gasteiger partial charge in [-0.3, -0.25) is 10.2 Å². The smallest absolute Gasteiger partial charge is 0.247 e. The van der Waals surface area contributed by atoms with Crippen LogP contribution in [-0.4, -0.2) is 19.2 Å². The summed E-state index contributed by atoms with van der Waals surface area (Å²) in [6, 6.07) is 0. The number of hydrazine groups is 1. The highest BCUT2D eigenvalue weighted by Gasteiger charge is 2.51. The molecule has 8 heteroatoms. The lowest BCUT2D eigenvalue weighted by Gasteiger charge is -2.12. The predicted molar refractivity (Wildman–Crippen MR) is 65.5 cm³/mol. The summed E-state index contributed by atoms with van der Waals surface area (Å²) in [6.45, 7) is 2.02. The van der Waals surface area contributed by atoms with Gasteiger partial charge < -0.3 is 5.73 Å². The Balaban J connectivity index is 0.00000144. The third-order valence-corrected chi connectivity index (χ3v) is 5.22. The van der Waals surface area contributed by atoms with Gasteiger partial charge in [0.15, 0.2) is 0 Å². The minimum Gasteiger partial charge on any atom is -0.311 e. The van der Waals surface area contributed by atoms with Crippen LogP contribution in [0.4, 0.5) is 0 Å². The van der Waals surface area contributed by atoms with Crippen LogP contribution in [0.15, 0.2) is 0 Å². The first-order chi connectivity index (χ1) is 7.39. The maximum absolute atomic E-state index is 11.6. The zero-order chi connectivity index (χ0) is 12.0. The second-order valence-electron chi connectivity index (χ2n) is 4.67. The number of amides is 1. The van der Waals surface area contributed by atoms with E-state index < -0.39 is 14.9 Å². The van der Waals surface area contributed by atoms with Gasteiger partial charge in [0.25, 0.3) is 0 Å². The minimum absolute atomic E-state index is 0. The molecule has 0 bridgehead atoms. The van der Waals surface area contributed by atoms with Crippen molar-refractivity contribution in [3.63, 3.8) is 0 Å². The molecule has 100 valence electrons. The highest BCUT2D eigenvalue weighted by atomic mass is 35.5. The number of hydrogen-bond acceptors (Lipinski definition) is 4. The van der Waals surface area contributed by atoms with Crippen molar-refractivity contribution < 1.29 is 13.2 Å². The van der Waals surface area contributed by atoms with Gasteiger partial charge >= 0.3 is 0 Å². The summed E-state index contributed by atoms with van der Waals surface area (Å²) in [5, 5.41) is 0. The fourth-order valence-electron chi connectivity index (χ4n) is 1.72. The number of hydrogen-bond donors (Lipinski definition) is 3. The standard InChI is InChI=1S/C9H17N3O3S.ClH/c1-2-6-5-7(6)8(13)11-12-16(14,15)9(10)3-4-9;/h6-7,12H,2-5,10H2,1H3,(H,11,13);1H/t6-,7+;/m0./s1. The van der Waals surface area contributed by atoms with Crippen LogP contribution < -0.4 is 16.0 Å². The highest BCUT2D eigenvalue weighted by molar-refractivity contribution is 7.91. The molecule has 0 aromatic heterocycles. The van der Waals surface area contributed by atoms with Crippen molar-refractivity contribution in [2.75, 3.05) is 0 Å². The Morgan fingerprint density at radius 3 is 2.47 bits per heavy atom. The molecule has 0 aromatic rings. The molecule has 2 atom stereocenters. The molecule has 1 amide bonds. The van der Waals surface area contributed by atoms with Gasteiger partial charge in [0.2, 0.25) is 15.9 Å². The molecule has 17 heavy (non-hydrogen) atoms. The molecule has 2 aliphatic rings. The van der Waals surface area contributed by atoms with Gasteiger partial charge in [-0.15, -0.1) is 17.2 Å². The van der Waals surface area contributed by atoms with Gasteiger partial charge in [-0.2, -0.15) is 0 Å². The van der Waals surface area contributed by atoms with E-state index in [1.165, 1.54) is 0 Å². The molecular formula is C9H18ClN3O3S. The summed E-state index contributed by atoms with van der Waals surface area (Å²) in [5.74, 6) is 0.109. The molecule has 0 saturated heterocycles. The molecule has 0 heterocycles. The van der Waals surface area contributed by atoms with Crippen molar-refractivity contribution in [2.45, 2.75) is 37.5 Å². The van der Waals surface area contributed by atoms with E-state index in [1.54, 1.807) is 0 Å². The summed E-state index contributed by atoms with van der Waals surface area (Å²) in [5.41, 5.74) is 7.79. The van der Waals surface area contributed by atoms with Crippen molar-refractivity contribution in [3.05, 3.63) is 0 Å². The fraction of sp³-hybridized carbons (Fsp3) is 0.889. The van der Waals surface area contributed by atoms with Crippen LogP contribution in [0.1, 0.15) is 32.6 Å². The van der Waals surface area contributed by atoms with Crippen molar-refractivity contribution in [1.29, 1.82) is 0 Å². The van der Waals surface area contributed by atoms with Crippen molar-refractivity contribution >= 4 is 28.3 Å². The second kappa shape index (κ2) is 4.72. The van der Waals surface area contributed by atoms with Crippen molar-refractivity contribution in [3.8, 4) is 0 Å². The Morgan fingerprint density at radius 2 is 2.06 bits per heavy atom. The topological polar surface area (TPSA) is 101 Å². The number of carbonyl (C=O) groups excluding carboxylic acids is 1. The average molecular weight is 284 g/mol. The van der Waals surface area contributed by atoms with Gasteiger partial charge in [-0.1, -0.05) is 13.3 Å². The Bertz CT molecular complexity index is 408. The summed E-state index contributed by atoms with van der Waals surface area (Å²) in [6.07, 6.45) is 2.68. The van der Waals surface area contributed by atoms with Crippen molar-refractivity contribution in [1.82, 2.24) is 10.3 Å². The fourth-order valence-corrected chi connectivity index (χ4v) is 2.80. The zero-order valence-electron chi connectivity index (χ0n) is 9.60. The number of sulfonamides is 1. The van der Waals surface area contributed by atoms with Gasteiger partial charge in [-0.25, -0.2) is 8.42 Å². The van der Waals surface area contributed by atoms with Gasteiger partial charge in [0, 0.05) is 5.92 Å². The number of carbonyl (C=O) groups is 1. The van der Waals surface area contributed by atoms with E-state index in [-0.39, 0.29) is 24.2 Å². The quantitative estimate of drug-likeness (QED) is 0.611. The molecule has 0 spiro atoms. The number of halogens is 1. The van der Waals surface area contributed by atoms with Crippen molar-refractivity contribution in [2.24, 2.45) is 17.6 Å². The SMILES string of the molecule is CC[C@H]1C[C@H]1C(=O)NNS(=O)(=O)C1(N)CC1.Cl. The largest absolute Gasteiger partial charge is 0.311 e. The first kappa shape index (κ1) is 14.7. The third kappa shape index (κ3) is 2.90.